The molecule has 1 aliphatic rings. The maximum atomic E-state index is 12.3. The average Bonchev–Trinajstić information content (AvgIpc) is 3.12. The minimum Gasteiger partial charge on any atom is -0.473 e. The Labute approximate surface area is 130 Å². The number of nitrogens with zero attached hydrogens (tertiary/aromatic N) is 3. The summed E-state index contributed by atoms with van der Waals surface area (Å²) in [6.45, 7) is 0.681. The Morgan fingerprint density at radius 2 is 2.24 bits per heavy atom. The Hall–Kier alpha value is -1.45. The summed E-state index contributed by atoms with van der Waals surface area (Å²) in [5.41, 5.74) is 0. The highest BCUT2D eigenvalue weighted by molar-refractivity contribution is 9.10. The van der Waals surface area contributed by atoms with Crippen molar-refractivity contribution in [3.8, 4) is 5.88 Å². The maximum Gasteiger partial charge on any atom is 0.248 e. The lowest BCUT2D eigenvalue weighted by Crippen LogP contribution is -2.30. The van der Waals surface area contributed by atoms with Gasteiger partial charge in [0.2, 0.25) is 15.9 Å². The third-order valence-corrected chi connectivity index (χ3v) is 5.42. The molecular weight excluding hydrogens is 362 g/mol. The number of halogens is 1. The smallest absolute Gasteiger partial charge is 0.248 e. The van der Waals surface area contributed by atoms with Gasteiger partial charge in [-0.2, -0.15) is 4.31 Å². The monoisotopic (exact) mass is 373 g/mol. The third kappa shape index (κ3) is 3.09. The van der Waals surface area contributed by atoms with Crippen LogP contribution in [0.15, 0.2) is 44.7 Å². The number of sulfonamides is 1. The second-order valence-electron chi connectivity index (χ2n) is 4.57. The minimum atomic E-state index is -3.56. The zero-order valence-electron chi connectivity index (χ0n) is 10.8. The normalized spacial score (nSPS) is 19.8. The van der Waals surface area contributed by atoms with Crippen molar-refractivity contribution >= 4 is 26.0 Å². The summed E-state index contributed by atoms with van der Waals surface area (Å²) >= 11 is 3.30. The van der Waals surface area contributed by atoms with Crippen molar-refractivity contribution in [1.29, 1.82) is 0 Å². The highest BCUT2D eigenvalue weighted by atomic mass is 79.9. The van der Waals surface area contributed by atoms with Crippen molar-refractivity contribution in [2.45, 2.75) is 17.4 Å². The number of rotatable bonds is 4. The van der Waals surface area contributed by atoms with Crippen LogP contribution in [0.2, 0.25) is 0 Å². The maximum absolute atomic E-state index is 12.3. The predicted octanol–water partition coefficient (Wildman–Crippen LogP) is 1.67. The lowest BCUT2D eigenvalue weighted by molar-refractivity contribution is 0.207. The number of aromatic nitrogens is 2. The molecule has 9 heteroatoms. The van der Waals surface area contributed by atoms with E-state index in [4.69, 9.17) is 4.74 Å². The molecule has 0 N–H and O–H groups in total. The zero-order valence-corrected chi connectivity index (χ0v) is 13.2. The Balaban J connectivity index is 1.67. The molecule has 0 amide bonds. The van der Waals surface area contributed by atoms with E-state index < -0.39 is 10.0 Å². The van der Waals surface area contributed by atoms with Crippen molar-refractivity contribution in [1.82, 2.24) is 14.4 Å². The molecule has 0 saturated carbocycles. The molecule has 2 aromatic rings. The number of hydrogen-bond donors (Lipinski definition) is 0. The van der Waals surface area contributed by atoms with Crippen LogP contribution < -0.4 is 4.74 Å². The lowest BCUT2D eigenvalue weighted by Gasteiger charge is -2.15. The summed E-state index contributed by atoms with van der Waals surface area (Å²) < 4.78 is 37.1. The molecule has 1 aliphatic heterocycles. The Bertz CT molecular complexity index is 703. The largest absolute Gasteiger partial charge is 0.473 e. The van der Waals surface area contributed by atoms with Gasteiger partial charge in [0.05, 0.1) is 12.7 Å². The van der Waals surface area contributed by atoms with Gasteiger partial charge >= 0.3 is 0 Å². The van der Waals surface area contributed by atoms with Crippen molar-refractivity contribution < 1.29 is 17.7 Å². The van der Waals surface area contributed by atoms with Gasteiger partial charge in [-0.15, -0.1) is 0 Å². The van der Waals surface area contributed by atoms with Crippen LogP contribution in [0.25, 0.3) is 0 Å². The molecule has 0 aliphatic carbocycles. The summed E-state index contributed by atoms with van der Waals surface area (Å²) in [7, 11) is -3.56. The van der Waals surface area contributed by atoms with E-state index in [1.54, 1.807) is 12.3 Å². The van der Waals surface area contributed by atoms with Gasteiger partial charge in [-0.25, -0.2) is 13.4 Å². The van der Waals surface area contributed by atoms with E-state index in [1.807, 2.05) is 6.07 Å². The zero-order chi connectivity index (χ0) is 14.9. The molecule has 7 nitrogen and oxygen atoms in total. The summed E-state index contributed by atoms with van der Waals surface area (Å²) in [6.07, 6.45) is 4.35. The molecule has 3 rings (SSSR count). The number of pyridine rings is 1. The van der Waals surface area contributed by atoms with Crippen LogP contribution in [-0.4, -0.2) is 42.1 Å². The van der Waals surface area contributed by atoms with E-state index in [-0.39, 0.29) is 17.5 Å². The molecule has 0 bridgehead atoms. The lowest BCUT2D eigenvalue weighted by atomic mass is 10.3. The molecule has 0 aromatic carbocycles. The summed E-state index contributed by atoms with van der Waals surface area (Å²) in [6, 6.07) is 3.56. The van der Waals surface area contributed by atoms with Crippen molar-refractivity contribution in [3.05, 3.63) is 35.3 Å². The highest BCUT2D eigenvalue weighted by Gasteiger charge is 2.34. The fourth-order valence-corrected chi connectivity index (χ4v) is 3.67. The van der Waals surface area contributed by atoms with E-state index in [0.29, 0.717) is 18.8 Å². The first kappa shape index (κ1) is 14.5. The van der Waals surface area contributed by atoms with Crippen LogP contribution in [0.5, 0.6) is 5.88 Å². The van der Waals surface area contributed by atoms with Gasteiger partial charge in [0.15, 0.2) is 0 Å². The molecule has 1 saturated heterocycles. The van der Waals surface area contributed by atoms with Crippen LogP contribution in [-0.2, 0) is 10.0 Å². The quantitative estimate of drug-likeness (QED) is 0.810. The molecule has 0 spiro atoms. The Morgan fingerprint density at radius 3 is 2.90 bits per heavy atom. The summed E-state index contributed by atoms with van der Waals surface area (Å²) in [5, 5.41) is 3.43. The average molecular weight is 374 g/mol. The van der Waals surface area contributed by atoms with Gasteiger partial charge in [-0.05, 0) is 28.4 Å². The topological polar surface area (TPSA) is 85.5 Å². The molecule has 1 unspecified atom stereocenters. The van der Waals surface area contributed by atoms with E-state index in [9.17, 15) is 8.42 Å². The van der Waals surface area contributed by atoms with Gasteiger partial charge in [0.1, 0.15) is 17.3 Å². The van der Waals surface area contributed by atoms with Gasteiger partial charge in [-0.3, -0.25) is 0 Å². The number of ether oxygens (including phenoxy) is 1. The SMILES string of the molecule is O=S(=O)(c1cnoc1)N1CCC(Oc2ccc(Br)cn2)C1. The van der Waals surface area contributed by atoms with Gasteiger partial charge in [0, 0.05) is 23.3 Å². The van der Waals surface area contributed by atoms with E-state index in [2.05, 4.69) is 30.6 Å². The molecule has 1 fully saturated rings. The van der Waals surface area contributed by atoms with Crippen LogP contribution in [0.1, 0.15) is 6.42 Å². The van der Waals surface area contributed by atoms with Gasteiger partial charge < -0.3 is 9.26 Å². The molecule has 2 aromatic heterocycles. The molecule has 0 radical (unpaired) electrons. The van der Waals surface area contributed by atoms with Crippen LogP contribution in [0.3, 0.4) is 0 Å². The first-order valence-electron chi connectivity index (χ1n) is 6.23. The second kappa shape index (κ2) is 5.74. The van der Waals surface area contributed by atoms with Crippen molar-refractivity contribution in [2.24, 2.45) is 0 Å². The van der Waals surface area contributed by atoms with Gasteiger partial charge in [-0.1, -0.05) is 5.16 Å². The number of hydrogen-bond acceptors (Lipinski definition) is 6. The third-order valence-electron chi connectivity index (χ3n) is 3.14. The summed E-state index contributed by atoms with van der Waals surface area (Å²) in [4.78, 5) is 4.18. The second-order valence-corrected chi connectivity index (χ2v) is 7.42. The first-order chi connectivity index (χ1) is 10.1. The van der Waals surface area contributed by atoms with Crippen LogP contribution in [0, 0.1) is 0 Å². The molecule has 21 heavy (non-hydrogen) atoms. The first-order valence-corrected chi connectivity index (χ1v) is 8.47. The standard InChI is InChI=1S/C12H12BrN3O4S/c13-9-1-2-12(14-5-9)20-10-3-4-16(7-10)21(17,18)11-6-15-19-8-11/h1-2,5-6,8,10H,3-4,7H2. The predicted molar refractivity (Wildman–Crippen MR) is 76.2 cm³/mol. The van der Waals surface area contributed by atoms with Gasteiger partial charge in [0.25, 0.3) is 0 Å². The van der Waals surface area contributed by atoms with Crippen molar-refractivity contribution in [2.75, 3.05) is 13.1 Å². The van der Waals surface area contributed by atoms with Crippen LogP contribution >= 0.6 is 15.9 Å². The van der Waals surface area contributed by atoms with E-state index in [1.165, 1.54) is 10.5 Å². The molecule has 1 atom stereocenters. The minimum absolute atomic E-state index is 0.0601. The molecular formula is C12H12BrN3O4S. The van der Waals surface area contributed by atoms with E-state index in [0.717, 1.165) is 10.7 Å². The highest BCUT2D eigenvalue weighted by Crippen LogP contribution is 2.23. The molecule has 112 valence electrons. The van der Waals surface area contributed by atoms with Crippen LogP contribution in [0.4, 0.5) is 0 Å². The Morgan fingerprint density at radius 1 is 1.38 bits per heavy atom. The summed E-state index contributed by atoms with van der Waals surface area (Å²) in [5.74, 6) is 0.479. The van der Waals surface area contributed by atoms with E-state index >= 15 is 0 Å². The van der Waals surface area contributed by atoms with Crippen molar-refractivity contribution in [3.63, 3.8) is 0 Å². The molecule has 3 heterocycles. The fraction of sp³-hybridized carbons (Fsp3) is 0.333. The Kier molecular flexibility index (Phi) is 3.96. The fourth-order valence-electron chi connectivity index (χ4n) is 2.09.